The Morgan fingerprint density at radius 1 is 0.581 bits per heavy atom. The predicted molar refractivity (Wildman–Crippen MR) is 184 cm³/mol. The third kappa shape index (κ3) is 3.91. The summed E-state index contributed by atoms with van der Waals surface area (Å²) in [6.07, 6.45) is 13.0. The maximum atomic E-state index is 4.66. The molecule has 0 bridgehead atoms. The summed E-state index contributed by atoms with van der Waals surface area (Å²) in [6, 6.07) is 40.0. The van der Waals surface area contributed by atoms with Crippen LogP contribution in [0, 0.1) is 0 Å². The highest BCUT2D eigenvalue weighted by Crippen LogP contribution is 2.49. The van der Waals surface area contributed by atoms with E-state index in [9.17, 15) is 0 Å². The molecule has 0 N–H and O–H groups in total. The fourth-order valence-electron chi connectivity index (χ4n) is 7.09. The van der Waals surface area contributed by atoms with Gasteiger partial charge in [-0.3, -0.25) is 4.98 Å². The number of rotatable bonds is 4. The molecule has 0 aliphatic heterocycles. The Morgan fingerprint density at radius 2 is 1.37 bits per heavy atom. The van der Waals surface area contributed by atoms with Crippen LogP contribution in [0.4, 0.5) is 0 Å². The lowest BCUT2D eigenvalue weighted by atomic mass is 9.79. The van der Waals surface area contributed by atoms with E-state index < -0.39 is 0 Å². The Hall–Kier alpha value is -4.92. The smallest absolute Gasteiger partial charge is 0.0353 e. The highest BCUT2D eigenvalue weighted by Gasteiger charge is 2.23. The number of pyridine rings is 1. The van der Waals surface area contributed by atoms with Crippen molar-refractivity contribution < 1.29 is 0 Å². The van der Waals surface area contributed by atoms with Gasteiger partial charge in [-0.05, 0) is 102 Å². The van der Waals surface area contributed by atoms with Crippen LogP contribution >= 0.6 is 11.8 Å². The van der Waals surface area contributed by atoms with Crippen molar-refractivity contribution in [2.75, 3.05) is 0 Å². The molecule has 0 radical (unpaired) electrons. The van der Waals surface area contributed by atoms with Gasteiger partial charge in [0.2, 0.25) is 0 Å². The van der Waals surface area contributed by atoms with Crippen molar-refractivity contribution in [2.45, 2.75) is 22.6 Å². The Balaban J connectivity index is 1.26. The number of allylic oxidation sites excluding steroid dienone is 3. The van der Waals surface area contributed by atoms with Crippen molar-refractivity contribution in [3.05, 3.63) is 150 Å². The first-order chi connectivity index (χ1) is 21.3. The molecular weight excluding hydrogens is 539 g/mol. The van der Waals surface area contributed by atoms with Crippen LogP contribution in [-0.4, -0.2) is 4.98 Å². The van der Waals surface area contributed by atoms with Crippen molar-refractivity contribution in [2.24, 2.45) is 0 Å². The average molecular weight is 566 g/mol. The second kappa shape index (κ2) is 9.83. The zero-order valence-corrected chi connectivity index (χ0v) is 24.4. The van der Waals surface area contributed by atoms with Crippen LogP contribution in [0.3, 0.4) is 0 Å². The monoisotopic (exact) mass is 565 g/mol. The third-order valence-electron chi connectivity index (χ3n) is 9.05. The zero-order valence-electron chi connectivity index (χ0n) is 23.5. The van der Waals surface area contributed by atoms with E-state index >= 15 is 0 Å². The van der Waals surface area contributed by atoms with Gasteiger partial charge in [0, 0.05) is 27.6 Å². The highest BCUT2D eigenvalue weighted by molar-refractivity contribution is 7.99. The first kappa shape index (κ1) is 24.7. The van der Waals surface area contributed by atoms with Gasteiger partial charge >= 0.3 is 0 Å². The molecule has 202 valence electrons. The molecule has 6 aromatic carbocycles. The molecule has 7 aromatic rings. The van der Waals surface area contributed by atoms with Gasteiger partial charge < -0.3 is 0 Å². The van der Waals surface area contributed by atoms with Crippen molar-refractivity contribution in [1.82, 2.24) is 4.98 Å². The van der Waals surface area contributed by atoms with Crippen molar-refractivity contribution in [3.63, 3.8) is 0 Å². The summed E-state index contributed by atoms with van der Waals surface area (Å²) in [4.78, 5) is 7.17. The molecule has 1 aromatic heterocycles. The molecule has 1 heterocycles. The molecule has 0 atom stereocenters. The largest absolute Gasteiger partial charge is 0.264 e. The fourth-order valence-corrected chi connectivity index (χ4v) is 8.17. The standard InChI is InChI=1S/C41H27NS/c1-2-7-26(8-3-1)27-15-19-31(20-16-27)43-41-35-12-5-4-11-32(35)40(37-25-42-24-23-36(37)41)34-22-18-30-14-13-28-9-6-10-29-17-21-33(34)39(30)38(28)29/h1-8,10-13,15-25H,9,14H2. The molecule has 0 spiro atoms. The van der Waals surface area contributed by atoms with Gasteiger partial charge in [0.05, 0.1) is 0 Å². The molecule has 43 heavy (non-hydrogen) atoms. The number of hydrogen-bond acceptors (Lipinski definition) is 2. The average Bonchev–Trinajstić information content (AvgIpc) is 3.08. The minimum Gasteiger partial charge on any atom is -0.264 e. The quantitative estimate of drug-likeness (QED) is 0.197. The van der Waals surface area contributed by atoms with Crippen LogP contribution in [-0.2, 0) is 6.42 Å². The summed E-state index contributed by atoms with van der Waals surface area (Å²) in [5, 5.41) is 7.75. The van der Waals surface area contributed by atoms with Crippen LogP contribution in [0.1, 0.15) is 23.1 Å². The number of hydrogen-bond donors (Lipinski definition) is 0. The second-order valence-electron chi connectivity index (χ2n) is 11.4. The SMILES string of the molecule is C1=Cc2ccc3c(-c4c5ccccc5c(Sc5ccc(-c6ccccc6)cc5)c5ccncc45)ccc4c3c2C(=CC4)C1. The van der Waals surface area contributed by atoms with Gasteiger partial charge in [-0.25, -0.2) is 0 Å². The van der Waals surface area contributed by atoms with Gasteiger partial charge in [0.25, 0.3) is 0 Å². The maximum absolute atomic E-state index is 4.66. The van der Waals surface area contributed by atoms with E-state index in [4.69, 9.17) is 0 Å². The number of aromatic nitrogens is 1. The third-order valence-corrected chi connectivity index (χ3v) is 10.2. The summed E-state index contributed by atoms with van der Waals surface area (Å²) >= 11 is 1.85. The molecule has 2 aliphatic rings. The van der Waals surface area contributed by atoms with E-state index in [0.29, 0.717) is 0 Å². The van der Waals surface area contributed by atoms with E-state index in [0.717, 1.165) is 12.8 Å². The van der Waals surface area contributed by atoms with E-state index in [2.05, 4.69) is 139 Å². The predicted octanol–water partition coefficient (Wildman–Crippen LogP) is 11.4. The lowest BCUT2D eigenvalue weighted by molar-refractivity contribution is 1.23. The summed E-state index contributed by atoms with van der Waals surface area (Å²) < 4.78 is 0. The molecule has 0 fully saturated rings. The lowest BCUT2D eigenvalue weighted by Gasteiger charge is -2.25. The lowest BCUT2D eigenvalue weighted by Crippen LogP contribution is -2.03. The highest BCUT2D eigenvalue weighted by atomic mass is 32.2. The fraction of sp³-hybridized carbons (Fsp3) is 0.0488. The molecule has 0 unspecified atom stereocenters. The Bertz CT molecular complexity index is 2240. The number of nitrogens with zero attached hydrogens (tertiary/aromatic N) is 1. The topological polar surface area (TPSA) is 12.9 Å². The minimum atomic E-state index is 0.998. The van der Waals surface area contributed by atoms with Gasteiger partial charge in [0.15, 0.2) is 0 Å². The molecule has 2 aliphatic carbocycles. The Morgan fingerprint density at radius 3 is 2.26 bits per heavy atom. The summed E-state index contributed by atoms with van der Waals surface area (Å²) in [6.45, 7) is 0. The number of fused-ring (bicyclic) bond motifs is 2. The first-order valence-electron chi connectivity index (χ1n) is 14.9. The molecule has 0 saturated heterocycles. The Kier molecular flexibility index (Phi) is 5.64. The zero-order chi connectivity index (χ0) is 28.3. The van der Waals surface area contributed by atoms with Crippen molar-refractivity contribution in [1.29, 1.82) is 0 Å². The van der Waals surface area contributed by atoms with Gasteiger partial charge in [-0.2, -0.15) is 0 Å². The van der Waals surface area contributed by atoms with Gasteiger partial charge in [-0.1, -0.05) is 121 Å². The molecule has 0 saturated carbocycles. The van der Waals surface area contributed by atoms with Gasteiger partial charge in [0.1, 0.15) is 0 Å². The first-order valence-corrected chi connectivity index (χ1v) is 15.7. The van der Waals surface area contributed by atoms with E-state index in [1.54, 1.807) is 0 Å². The van der Waals surface area contributed by atoms with Crippen LogP contribution in [0.2, 0.25) is 0 Å². The minimum absolute atomic E-state index is 0.998. The van der Waals surface area contributed by atoms with Crippen LogP contribution in [0.5, 0.6) is 0 Å². The van der Waals surface area contributed by atoms with Crippen molar-refractivity contribution in [3.8, 4) is 22.3 Å². The van der Waals surface area contributed by atoms with Crippen LogP contribution in [0.15, 0.2) is 144 Å². The van der Waals surface area contributed by atoms with E-state index in [-0.39, 0.29) is 0 Å². The van der Waals surface area contributed by atoms with E-state index in [1.165, 1.54) is 86.6 Å². The molecule has 1 nitrogen and oxygen atoms in total. The normalized spacial score (nSPS) is 13.5. The molecule has 9 rings (SSSR count). The summed E-state index contributed by atoms with van der Waals surface area (Å²) in [7, 11) is 0. The Labute approximate surface area is 255 Å². The van der Waals surface area contributed by atoms with Crippen molar-refractivity contribution >= 4 is 55.7 Å². The van der Waals surface area contributed by atoms with Crippen LogP contribution < -0.4 is 0 Å². The summed E-state index contributed by atoms with van der Waals surface area (Å²) in [5.74, 6) is 0. The van der Waals surface area contributed by atoms with Crippen LogP contribution in [0.25, 0.3) is 66.2 Å². The molecule has 0 amide bonds. The number of benzene rings is 6. The second-order valence-corrected chi connectivity index (χ2v) is 12.5. The van der Waals surface area contributed by atoms with Gasteiger partial charge in [-0.15, -0.1) is 0 Å². The molecular formula is C41H27NS. The molecule has 2 heteroatoms. The van der Waals surface area contributed by atoms with E-state index in [1.807, 2.05) is 18.0 Å². The maximum Gasteiger partial charge on any atom is 0.0353 e. The summed E-state index contributed by atoms with van der Waals surface area (Å²) in [5.41, 5.74) is 10.7.